The highest BCUT2D eigenvalue weighted by Gasteiger charge is 2.27. The molecular weight excluding hydrogens is 494 g/mol. The van der Waals surface area contributed by atoms with Gasteiger partial charge in [0.2, 0.25) is 0 Å². The van der Waals surface area contributed by atoms with Crippen LogP contribution in [0.5, 0.6) is 0 Å². The molecule has 2 rings (SSSR count). The minimum absolute atomic E-state index is 0.307. The maximum absolute atomic E-state index is 13.6. The molecule has 0 atom stereocenters. The highest BCUT2D eigenvalue weighted by atomic mass is 79.9. The third kappa shape index (κ3) is 5.06. The Hall–Kier alpha value is -1.85. The number of carbonyl (C=O) groups is 2. The quantitative estimate of drug-likeness (QED) is 0.636. The van der Waals surface area contributed by atoms with Gasteiger partial charge < -0.3 is 8.37 Å². The highest BCUT2D eigenvalue weighted by Crippen LogP contribution is 2.19. The Balaban J connectivity index is 2.16. The molecule has 6 nitrogen and oxygen atoms in total. The number of benzene rings is 2. The van der Waals surface area contributed by atoms with Gasteiger partial charge >= 0.3 is 22.3 Å². The highest BCUT2D eigenvalue weighted by molar-refractivity contribution is 9.10. The summed E-state index contributed by atoms with van der Waals surface area (Å²) in [4.78, 5) is 23.4. The fourth-order valence-corrected chi connectivity index (χ4v) is 2.85. The van der Waals surface area contributed by atoms with E-state index in [0.717, 1.165) is 24.3 Å². The first-order chi connectivity index (χ1) is 11.6. The molecular formula is C14H6Br2F2O6S. The average molecular weight is 500 g/mol. The van der Waals surface area contributed by atoms with Gasteiger partial charge in [-0.05, 0) is 36.4 Å². The Morgan fingerprint density at radius 2 is 1.16 bits per heavy atom. The van der Waals surface area contributed by atoms with Crippen LogP contribution in [0.15, 0.2) is 45.3 Å². The molecule has 0 spiro atoms. The van der Waals surface area contributed by atoms with Crippen LogP contribution in [0.1, 0.15) is 20.7 Å². The molecule has 0 bridgehead atoms. The number of hydrogen-bond acceptors (Lipinski definition) is 6. The van der Waals surface area contributed by atoms with Gasteiger partial charge in [0.05, 0.1) is 11.1 Å². The van der Waals surface area contributed by atoms with E-state index < -0.39 is 45.1 Å². The lowest BCUT2D eigenvalue weighted by Crippen LogP contribution is -2.20. The molecule has 25 heavy (non-hydrogen) atoms. The second kappa shape index (κ2) is 7.58. The molecule has 2 aromatic rings. The number of hydrogen-bond donors (Lipinski definition) is 0. The minimum Gasteiger partial charge on any atom is -0.311 e. The Kier molecular flexibility index (Phi) is 5.91. The summed E-state index contributed by atoms with van der Waals surface area (Å²) < 4.78 is 59.0. The largest absolute Gasteiger partial charge is 0.506 e. The van der Waals surface area contributed by atoms with Gasteiger partial charge in [-0.1, -0.05) is 31.9 Å². The Morgan fingerprint density at radius 1 is 0.800 bits per heavy atom. The van der Waals surface area contributed by atoms with Gasteiger partial charge in [-0.15, -0.1) is 8.42 Å². The Labute approximate surface area is 157 Å². The van der Waals surface area contributed by atoms with Gasteiger partial charge in [-0.3, -0.25) is 0 Å². The van der Waals surface area contributed by atoms with Crippen LogP contribution in [-0.4, -0.2) is 20.4 Å². The molecule has 0 unspecified atom stereocenters. The van der Waals surface area contributed by atoms with Crippen LogP contribution in [0, 0.1) is 11.6 Å². The zero-order valence-electron chi connectivity index (χ0n) is 11.8. The summed E-state index contributed by atoms with van der Waals surface area (Å²) in [5, 5.41) is 0. The third-order valence-corrected chi connectivity index (χ3v) is 4.36. The number of carbonyl (C=O) groups excluding carboxylic acids is 2. The molecule has 0 fully saturated rings. The molecule has 0 amide bonds. The Morgan fingerprint density at radius 3 is 1.48 bits per heavy atom. The van der Waals surface area contributed by atoms with Crippen molar-refractivity contribution in [2.24, 2.45) is 0 Å². The molecule has 0 aromatic heterocycles. The second-order valence-electron chi connectivity index (χ2n) is 4.40. The van der Waals surface area contributed by atoms with E-state index in [4.69, 9.17) is 0 Å². The lowest BCUT2D eigenvalue weighted by Gasteiger charge is -2.07. The molecule has 11 heteroatoms. The van der Waals surface area contributed by atoms with E-state index in [-0.39, 0.29) is 0 Å². The summed E-state index contributed by atoms with van der Waals surface area (Å²) in [5.74, 6) is -5.32. The monoisotopic (exact) mass is 498 g/mol. The van der Waals surface area contributed by atoms with Crippen LogP contribution in [-0.2, 0) is 18.8 Å². The van der Waals surface area contributed by atoms with Crippen molar-refractivity contribution in [3.63, 3.8) is 0 Å². The van der Waals surface area contributed by atoms with Crippen LogP contribution < -0.4 is 0 Å². The molecule has 0 aliphatic heterocycles. The van der Waals surface area contributed by atoms with Gasteiger partial charge in [0.1, 0.15) is 11.6 Å². The zero-order chi connectivity index (χ0) is 18.8. The number of halogens is 4. The van der Waals surface area contributed by atoms with Crippen LogP contribution in [0.4, 0.5) is 8.78 Å². The first-order valence-electron chi connectivity index (χ1n) is 6.22. The van der Waals surface area contributed by atoms with Crippen LogP contribution >= 0.6 is 31.9 Å². The van der Waals surface area contributed by atoms with Gasteiger partial charge in [-0.2, -0.15) is 0 Å². The lowest BCUT2D eigenvalue weighted by molar-refractivity contribution is 0.0643. The van der Waals surface area contributed by atoms with E-state index in [9.17, 15) is 26.8 Å². The molecule has 0 saturated heterocycles. The van der Waals surface area contributed by atoms with Crippen molar-refractivity contribution in [2.45, 2.75) is 0 Å². The smallest absolute Gasteiger partial charge is 0.311 e. The topological polar surface area (TPSA) is 86.7 Å². The average Bonchev–Trinajstić information content (AvgIpc) is 2.45. The van der Waals surface area contributed by atoms with Gasteiger partial charge in [0, 0.05) is 8.95 Å². The van der Waals surface area contributed by atoms with Crippen molar-refractivity contribution in [3.05, 3.63) is 68.1 Å². The summed E-state index contributed by atoms with van der Waals surface area (Å²) in [7, 11) is -5.19. The number of rotatable bonds is 4. The lowest BCUT2D eigenvalue weighted by atomic mass is 10.2. The van der Waals surface area contributed by atoms with Crippen molar-refractivity contribution in [2.75, 3.05) is 0 Å². The fourth-order valence-electron chi connectivity index (χ4n) is 1.60. The van der Waals surface area contributed by atoms with Crippen LogP contribution in [0.25, 0.3) is 0 Å². The molecule has 2 aromatic carbocycles. The van der Waals surface area contributed by atoms with Crippen molar-refractivity contribution < 1.29 is 35.2 Å². The minimum atomic E-state index is -5.19. The third-order valence-electron chi connectivity index (χ3n) is 2.66. The molecule has 0 saturated carbocycles. The van der Waals surface area contributed by atoms with Gasteiger partial charge in [0.25, 0.3) is 0 Å². The molecule has 0 radical (unpaired) electrons. The first kappa shape index (κ1) is 19.5. The van der Waals surface area contributed by atoms with Crippen molar-refractivity contribution >= 4 is 54.2 Å². The standard InChI is InChI=1S/C14H6Br2F2O6S/c15-7-1-3-9(11(17)5-7)13(19)23-25(21,22)24-14(20)10-4-2-8(16)6-12(10)18/h1-6H. The summed E-state index contributed by atoms with van der Waals surface area (Å²) in [6, 6.07) is 6.30. The van der Waals surface area contributed by atoms with Crippen molar-refractivity contribution in [1.82, 2.24) is 0 Å². The van der Waals surface area contributed by atoms with Crippen molar-refractivity contribution in [3.8, 4) is 0 Å². The summed E-state index contributed by atoms with van der Waals surface area (Å²) in [6.07, 6.45) is 0. The Bertz CT molecular complexity index is 890. The molecule has 0 heterocycles. The summed E-state index contributed by atoms with van der Waals surface area (Å²) in [6.45, 7) is 0. The predicted molar refractivity (Wildman–Crippen MR) is 88.0 cm³/mol. The maximum Gasteiger partial charge on any atom is 0.506 e. The van der Waals surface area contributed by atoms with Crippen LogP contribution in [0.3, 0.4) is 0 Å². The molecule has 132 valence electrons. The van der Waals surface area contributed by atoms with E-state index >= 15 is 0 Å². The van der Waals surface area contributed by atoms with E-state index in [1.807, 2.05) is 0 Å². The summed E-state index contributed by atoms with van der Waals surface area (Å²) >= 11 is 5.92. The fraction of sp³-hybridized carbons (Fsp3) is 0. The van der Waals surface area contributed by atoms with Crippen molar-refractivity contribution in [1.29, 1.82) is 0 Å². The molecule has 0 N–H and O–H groups in total. The normalized spacial score (nSPS) is 11.0. The second-order valence-corrected chi connectivity index (χ2v) is 7.38. The van der Waals surface area contributed by atoms with E-state index in [1.54, 1.807) is 0 Å². The maximum atomic E-state index is 13.6. The zero-order valence-corrected chi connectivity index (χ0v) is 15.8. The van der Waals surface area contributed by atoms with E-state index in [2.05, 4.69) is 40.2 Å². The predicted octanol–water partition coefficient (Wildman–Crippen LogP) is 3.75. The first-order valence-corrected chi connectivity index (χ1v) is 9.13. The SMILES string of the molecule is O=C(OS(=O)(=O)OC(=O)c1ccc(Br)cc1F)c1ccc(Br)cc1F. The van der Waals surface area contributed by atoms with Gasteiger partial charge in [-0.25, -0.2) is 18.4 Å². The van der Waals surface area contributed by atoms with E-state index in [1.165, 1.54) is 12.1 Å². The van der Waals surface area contributed by atoms with Crippen LogP contribution in [0.2, 0.25) is 0 Å². The van der Waals surface area contributed by atoms with E-state index in [0.29, 0.717) is 8.95 Å². The summed E-state index contributed by atoms with van der Waals surface area (Å²) in [5.41, 5.74) is -1.39. The van der Waals surface area contributed by atoms with Gasteiger partial charge in [0.15, 0.2) is 0 Å². The molecule has 0 aliphatic rings. The molecule has 0 aliphatic carbocycles.